The highest BCUT2D eigenvalue weighted by molar-refractivity contribution is 6.98. The molecule has 0 saturated carbocycles. The van der Waals surface area contributed by atoms with E-state index in [0.29, 0.717) is 17.5 Å². The fraction of sp³-hybridized carbons (Fsp3) is 0.0317. The minimum Gasteiger partial charge on any atom is -0.314 e. The fourth-order valence-electron chi connectivity index (χ4n) is 10.8. The lowest BCUT2D eigenvalue weighted by molar-refractivity contribution is 0.909. The zero-order chi connectivity index (χ0) is 46.4. The smallest absolute Gasteiger partial charge is 0.246 e. The Kier molecular flexibility index (Phi) is 10.5. The first-order valence-corrected chi connectivity index (χ1v) is 24.1. The maximum Gasteiger partial charge on any atom is 0.246 e. The van der Waals surface area contributed by atoms with Gasteiger partial charge >= 0.3 is 0 Å². The highest BCUT2D eigenvalue weighted by atomic mass is 15.2. The number of para-hydroxylation sites is 5. The van der Waals surface area contributed by atoms with Gasteiger partial charge in [-0.25, -0.2) is 15.0 Å². The molecular weight excluding hydrogens is 848 g/mol. The van der Waals surface area contributed by atoms with Crippen LogP contribution >= 0.6 is 0 Å². The van der Waals surface area contributed by atoms with Crippen LogP contribution in [0.25, 0.3) is 56.4 Å². The van der Waals surface area contributed by atoms with Gasteiger partial charge < -0.3 is 9.80 Å². The average Bonchev–Trinajstić information content (AvgIpc) is 3.44. The van der Waals surface area contributed by atoms with Gasteiger partial charge in [-0.3, -0.25) is 0 Å². The third kappa shape index (κ3) is 7.17. The van der Waals surface area contributed by atoms with Crippen molar-refractivity contribution in [1.82, 2.24) is 15.0 Å². The van der Waals surface area contributed by atoms with Crippen molar-refractivity contribution in [1.29, 1.82) is 0 Å². The summed E-state index contributed by atoms with van der Waals surface area (Å²) in [5.74, 6) is 1.78. The Hall–Kier alpha value is -8.80. The average molecular weight is 893 g/mol. The van der Waals surface area contributed by atoms with Gasteiger partial charge in [-0.05, 0) is 65.2 Å². The van der Waals surface area contributed by atoms with Crippen molar-refractivity contribution >= 4 is 64.3 Å². The molecule has 0 N–H and O–H groups in total. The van der Waals surface area contributed by atoms with Crippen LogP contribution in [0.2, 0.25) is 0 Å². The standard InChI is InChI=1S/C63H44B2N5/c1-5-23-43(24-6-1)47-31-21-33-49(59(47)69-55-39-17-13-35-51(55)64-52-36-14-18-40-56(52)69)62-66-61(45-27-9-3-10-28-45)67-63(68-62)50-34-22-32-48(44-25-7-2-8-26-44)60(50)70-57-41-19-15-37-53(57)65(46-29-11-4-12-30-46)54-38-16-20-42-58(54)70/h1-17,19-39,41-42H,18,40H2. The molecule has 13 rings (SSSR count). The van der Waals surface area contributed by atoms with Crippen LogP contribution in [0.15, 0.2) is 254 Å². The first-order chi connectivity index (χ1) is 34.8. The van der Waals surface area contributed by atoms with Crippen LogP contribution < -0.4 is 31.7 Å². The van der Waals surface area contributed by atoms with Crippen LogP contribution in [-0.2, 0) is 0 Å². The van der Waals surface area contributed by atoms with E-state index in [-0.39, 0.29) is 6.71 Å². The lowest BCUT2D eigenvalue weighted by Crippen LogP contribution is -2.57. The van der Waals surface area contributed by atoms with E-state index in [1.165, 1.54) is 33.0 Å². The van der Waals surface area contributed by atoms with Crippen LogP contribution in [0, 0.1) is 0 Å². The molecule has 7 heteroatoms. The Bertz CT molecular complexity index is 3610. The normalized spacial score (nSPS) is 13.5. The van der Waals surface area contributed by atoms with Crippen molar-refractivity contribution in [3.8, 4) is 56.4 Å². The summed E-state index contributed by atoms with van der Waals surface area (Å²) in [4.78, 5) is 21.6. The summed E-state index contributed by atoms with van der Waals surface area (Å²) in [6.45, 7) is 0.0359. The molecular formula is C63H44B2N5. The van der Waals surface area contributed by atoms with Gasteiger partial charge in [-0.2, -0.15) is 0 Å². The summed E-state index contributed by atoms with van der Waals surface area (Å²) in [6, 6.07) is 82.3. The highest BCUT2D eigenvalue weighted by Gasteiger charge is 2.37. The number of anilines is 5. The van der Waals surface area contributed by atoms with E-state index in [1.807, 2.05) is 6.07 Å². The molecule has 1 aromatic heterocycles. The topological polar surface area (TPSA) is 45.2 Å². The molecule has 1 radical (unpaired) electrons. The Morgan fingerprint density at radius 1 is 0.386 bits per heavy atom. The molecule has 0 amide bonds. The molecule has 5 nitrogen and oxygen atoms in total. The van der Waals surface area contributed by atoms with Gasteiger partial charge in [0.05, 0.1) is 11.4 Å². The number of hydrogen-bond acceptors (Lipinski definition) is 5. The van der Waals surface area contributed by atoms with Gasteiger partial charge in [-0.15, -0.1) is 0 Å². The van der Waals surface area contributed by atoms with E-state index < -0.39 is 0 Å². The molecule has 3 aliphatic rings. The third-order valence-electron chi connectivity index (χ3n) is 13.9. The molecule has 0 spiro atoms. The summed E-state index contributed by atoms with van der Waals surface area (Å²) in [7, 11) is 2.33. The molecule has 0 atom stereocenters. The van der Waals surface area contributed by atoms with E-state index in [1.54, 1.807) is 0 Å². The van der Waals surface area contributed by atoms with Gasteiger partial charge in [0.25, 0.3) is 0 Å². The summed E-state index contributed by atoms with van der Waals surface area (Å²) in [6.07, 6.45) is 6.42. The van der Waals surface area contributed by atoms with Crippen LogP contribution in [-0.4, -0.2) is 28.9 Å². The number of hydrogen-bond donors (Lipinski definition) is 0. The summed E-state index contributed by atoms with van der Waals surface area (Å²) < 4.78 is 0. The molecule has 0 fully saturated rings. The fourth-order valence-corrected chi connectivity index (χ4v) is 10.8. The second kappa shape index (κ2) is 17.7. The van der Waals surface area contributed by atoms with Crippen molar-refractivity contribution in [2.75, 3.05) is 9.80 Å². The Morgan fingerprint density at radius 2 is 0.843 bits per heavy atom. The number of nitrogens with zero attached hydrogens (tertiary/aromatic N) is 5. The number of benzene rings is 9. The van der Waals surface area contributed by atoms with Crippen LogP contribution in [0.3, 0.4) is 0 Å². The molecule has 9 aromatic carbocycles. The lowest BCUT2D eigenvalue weighted by atomic mass is 9.35. The van der Waals surface area contributed by atoms with Crippen molar-refractivity contribution in [2.45, 2.75) is 12.8 Å². The molecule has 0 saturated heterocycles. The first-order valence-electron chi connectivity index (χ1n) is 24.1. The number of allylic oxidation sites excluding steroid dienone is 4. The van der Waals surface area contributed by atoms with Gasteiger partial charge in [0, 0.05) is 50.6 Å². The minimum atomic E-state index is 0.0359. The predicted octanol–water partition coefficient (Wildman–Crippen LogP) is 12.5. The Morgan fingerprint density at radius 3 is 1.43 bits per heavy atom. The van der Waals surface area contributed by atoms with E-state index in [4.69, 9.17) is 15.0 Å². The number of aromatic nitrogens is 3. The van der Waals surface area contributed by atoms with Crippen molar-refractivity contribution in [2.24, 2.45) is 0 Å². The van der Waals surface area contributed by atoms with E-state index in [0.717, 1.165) is 80.2 Å². The number of rotatable bonds is 8. The largest absolute Gasteiger partial charge is 0.314 e. The SMILES string of the molecule is [B]1C2=C(CCC=C2)N(c2c(-c3ccccc3)cccc2-c2nc(-c3ccccc3)nc(-c3cccc(-c4ccccc4)c3N3c4ccccc4B(c4ccccc4)c4ccccc43)n2)c2ccccc21. The molecule has 0 unspecified atom stereocenters. The van der Waals surface area contributed by atoms with Crippen molar-refractivity contribution in [3.05, 3.63) is 254 Å². The predicted molar refractivity (Wildman–Crippen MR) is 292 cm³/mol. The van der Waals surface area contributed by atoms with Gasteiger partial charge in [0.1, 0.15) is 0 Å². The monoisotopic (exact) mass is 892 g/mol. The zero-order valence-electron chi connectivity index (χ0n) is 38.4. The quantitative estimate of drug-likeness (QED) is 0.142. The van der Waals surface area contributed by atoms with Crippen LogP contribution in [0.1, 0.15) is 12.8 Å². The van der Waals surface area contributed by atoms with E-state index >= 15 is 0 Å². The molecule has 70 heavy (non-hydrogen) atoms. The molecule has 2 aliphatic heterocycles. The second-order valence-corrected chi connectivity index (χ2v) is 18.0. The molecule has 3 heterocycles. The van der Waals surface area contributed by atoms with Crippen molar-refractivity contribution in [3.63, 3.8) is 0 Å². The van der Waals surface area contributed by atoms with Crippen LogP contribution in [0.4, 0.5) is 28.4 Å². The summed E-state index contributed by atoms with van der Waals surface area (Å²) >= 11 is 0. The first kappa shape index (κ1) is 41.4. The maximum absolute atomic E-state index is 5.70. The molecule has 10 aromatic rings. The second-order valence-electron chi connectivity index (χ2n) is 18.0. The van der Waals surface area contributed by atoms with Gasteiger partial charge in [0.15, 0.2) is 24.8 Å². The molecule has 0 bridgehead atoms. The summed E-state index contributed by atoms with van der Waals surface area (Å²) in [5.41, 5.74) is 19.9. The van der Waals surface area contributed by atoms with E-state index in [2.05, 4.69) is 254 Å². The minimum absolute atomic E-state index is 0.0359. The number of fused-ring (bicyclic) bond motifs is 3. The van der Waals surface area contributed by atoms with E-state index in [9.17, 15) is 0 Å². The Labute approximate surface area is 410 Å². The molecule has 327 valence electrons. The summed E-state index contributed by atoms with van der Waals surface area (Å²) in [5, 5.41) is 0. The highest BCUT2D eigenvalue weighted by Crippen LogP contribution is 2.49. The van der Waals surface area contributed by atoms with Gasteiger partial charge in [-0.1, -0.05) is 229 Å². The third-order valence-corrected chi connectivity index (χ3v) is 13.9. The molecule has 1 aliphatic carbocycles. The van der Waals surface area contributed by atoms with Crippen molar-refractivity contribution < 1.29 is 0 Å². The van der Waals surface area contributed by atoms with Gasteiger partial charge in [0.2, 0.25) is 6.71 Å². The lowest BCUT2D eigenvalue weighted by Gasteiger charge is -2.39. The maximum atomic E-state index is 5.70. The Balaban J connectivity index is 1.10. The zero-order valence-corrected chi connectivity index (χ0v) is 38.4. The van der Waals surface area contributed by atoms with Crippen LogP contribution in [0.5, 0.6) is 0 Å².